The second-order valence-electron chi connectivity index (χ2n) is 7.98. The molecule has 3 aliphatic rings. The maximum absolute atomic E-state index is 4.44. The van der Waals surface area contributed by atoms with Gasteiger partial charge >= 0.3 is 0 Å². The molecule has 0 amide bonds. The molecule has 4 rings (SSSR count). The lowest BCUT2D eigenvalue weighted by Crippen LogP contribution is -2.57. The minimum atomic E-state index is 0.822. The quantitative estimate of drug-likeness (QED) is 0.892. The highest BCUT2D eigenvalue weighted by molar-refractivity contribution is 5.40. The molecule has 0 aromatic carbocycles. The van der Waals surface area contributed by atoms with Gasteiger partial charge in [-0.2, -0.15) is 0 Å². The molecule has 3 aliphatic heterocycles. The molecule has 0 spiro atoms. The average molecular weight is 360 g/mol. The van der Waals surface area contributed by atoms with E-state index in [-0.39, 0.29) is 0 Å². The average Bonchev–Trinajstić information content (AvgIpc) is 2.67. The van der Waals surface area contributed by atoms with Gasteiger partial charge in [0.05, 0.1) is 0 Å². The van der Waals surface area contributed by atoms with Crippen molar-refractivity contribution >= 4 is 5.82 Å². The van der Waals surface area contributed by atoms with Gasteiger partial charge in [0.2, 0.25) is 0 Å². The van der Waals surface area contributed by atoms with Gasteiger partial charge in [-0.1, -0.05) is 26.3 Å². The Morgan fingerprint density at radius 3 is 2.35 bits per heavy atom. The zero-order valence-corrected chi connectivity index (χ0v) is 16.7. The lowest BCUT2D eigenvalue weighted by Gasteiger charge is -2.45. The van der Waals surface area contributed by atoms with Crippen molar-refractivity contribution in [3.05, 3.63) is 24.4 Å². The number of hydrogen-bond donors (Lipinski definition) is 1. The van der Waals surface area contributed by atoms with Gasteiger partial charge in [0.25, 0.3) is 0 Å². The summed E-state index contributed by atoms with van der Waals surface area (Å²) in [6.45, 7) is 15.3. The van der Waals surface area contributed by atoms with Crippen LogP contribution in [0.2, 0.25) is 0 Å². The summed E-state index contributed by atoms with van der Waals surface area (Å²) in [5, 5.41) is 3.47. The maximum Gasteiger partial charge on any atom is 0.128 e. The zero-order valence-electron chi connectivity index (χ0n) is 16.7. The van der Waals surface area contributed by atoms with E-state index in [2.05, 4.69) is 51.0 Å². The van der Waals surface area contributed by atoms with E-state index in [1.807, 2.05) is 12.3 Å². The lowest BCUT2D eigenvalue weighted by atomic mass is 9.98. The molecule has 5 nitrogen and oxygen atoms in total. The molecule has 3 saturated heterocycles. The topological polar surface area (TPSA) is 34.6 Å². The van der Waals surface area contributed by atoms with E-state index in [1.54, 1.807) is 0 Å². The second-order valence-corrected chi connectivity index (χ2v) is 7.98. The molecular weight excluding hydrogens is 322 g/mol. The number of piperidine rings is 1. The van der Waals surface area contributed by atoms with E-state index in [0.29, 0.717) is 0 Å². The molecule has 0 aliphatic carbocycles. The molecule has 0 saturated carbocycles. The summed E-state index contributed by atoms with van der Waals surface area (Å²) in [6, 6.07) is 7.02. The molecular formula is C21H37N5. The Kier molecular flexibility index (Phi) is 7.71. The Bertz CT molecular complexity index is 488. The van der Waals surface area contributed by atoms with Gasteiger partial charge in [-0.15, -0.1) is 0 Å². The molecule has 1 aromatic rings. The highest BCUT2D eigenvalue weighted by atomic mass is 15.3. The molecule has 0 bridgehead atoms. The third kappa shape index (κ3) is 5.41. The summed E-state index contributed by atoms with van der Waals surface area (Å²) in [4.78, 5) is 12.3. The van der Waals surface area contributed by atoms with Gasteiger partial charge in [-0.05, 0) is 38.1 Å². The summed E-state index contributed by atoms with van der Waals surface area (Å²) in [5.41, 5.74) is 0. The van der Waals surface area contributed by atoms with E-state index in [1.165, 1.54) is 78.2 Å². The molecule has 0 radical (unpaired) electrons. The third-order valence-corrected chi connectivity index (χ3v) is 5.68. The van der Waals surface area contributed by atoms with Crippen LogP contribution in [0.3, 0.4) is 0 Å². The predicted molar refractivity (Wildman–Crippen MR) is 110 cm³/mol. The van der Waals surface area contributed by atoms with E-state index in [0.717, 1.165) is 17.8 Å². The van der Waals surface area contributed by atoms with Crippen molar-refractivity contribution in [2.75, 3.05) is 63.8 Å². The fraction of sp³-hybridized carbons (Fsp3) is 0.762. The summed E-state index contributed by atoms with van der Waals surface area (Å²) in [7, 11) is 0. The van der Waals surface area contributed by atoms with Crippen molar-refractivity contribution < 1.29 is 0 Å². The molecule has 4 heterocycles. The van der Waals surface area contributed by atoms with Gasteiger partial charge in [0, 0.05) is 64.0 Å². The molecule has 0 atom stereocenters. The van der Waals surface area contributed by atoms with Crippen molar-refractivity contribution in [3.8, 4) is 0 Å². The standard InChI is InChI=1S/C18H29N5.C3H8/c1-2-6-20-18(3-1)23-14-16(15-23)13-21-9-11-22(12-10-21)17-4-7-19-8-5-17;1-3-2/h1-3,6,16-17,19H,4-5,7-15H2;3H2,1-2H3. The lowest BCUT2D eigenvalue weighted by molar-refractivity contribution is 0.0707. The SMILES string of the molecule is CCC.c1ccc(N2CC(CN3CCN(C4CCNCC4)CC3)C2)nc1. The number of piperazine rings is 1. The third-order valence-electron chi connectivity index (χ3n) is 5.68. The van der Waals surface area contributed by atoms with Crippen molar-refractivity contribution in [1.29, 1.82) is 0 Å². The number of nitrogens with one attached hydrogen (secondary N) is 1. The fourth-order valence-corrected chi connectivity index (χ4v) is 4.26. The first-order valence-electron chi connectivity index (χ1n) is 10.6. The highest BCUT2D eigenvalue weighted by Crippen LogP contribution is 2.23. The summed E-state index contributed by atoms with van der Waals surface area (Å²) < 4.78 is 0. The van der Waals surface area contributed by atoms with Crippen LogP contribution in [0.1, 0.15) is 33.1 Å². The first-order valence-corrected chi connectivity index (χ1v) is 10.6. The predicted octanol–water partition coefficient (Wildman–Crippen LogP) is 2.30. The number of rotatable bonds is 4. The van der Waals surface area contributed by atoms with Crippen molar-refractivity contribution in [3.63, 3.8) is 0 Å². The molecule has 26 heavy (non-hydrogen) atoms. The van der Waals surface area contributed by atoms with Crippen LogP contribution in [-0.2, 0) is 0 Å². The normalized spacial score (nSPS) is 23.2. The van der Waals surface area contributed by atoms with Gasteiger partial charge in [0.1, 0.15) is 5.82 Å². The summed E-state index contributed by atoms with van der Waals surface area (Å²) >= 11 is 0. The maximum atomic E-state index is 4.44. The minimum Gasteiger partial charge on any atom is -0.356 e. The van der Waals surface area contributed by atoms with E-state index in [4.69, 9.17) is 0 Å². The van der Waals surface area contributed by atoms with Crippen LogP contribution < -0.4 is 10.2 Å². The zero-order chi connectivity index (χ0) is 18.2. The first-order chi connectivity index (χ1) is 12.8. The van der Waals surface area contributed by atoms with Crippen LogP contribution in [0.25, 0.3) is 0 Å². The molecule has 1 aromatic heterocycles. The summed E-state index contributed by atoms with van der Waals surface area (Å²) in [5.74, 6) is 1.96. The van der Waals surface area contributed by atoms with E-state index < -0.39 is 0 Å². The monoisotopic (exact) mass is 359 g/mol. The van der Waals surface area contributed by atoms with Crippen molar-refractivity contribution in [2.45, 2.75) is 39.2 Å². The van der Waals surface area contributed by atoms with Gasteiger partial charge < -0.3 is 15.1 Å². The van der Waals surface area contributed by atoms with Crippen LogP contribution in [-0.4, -0.2) is 79.7 Å². The van der Waals surface area contributed by atoms with Gasteiger partial charge in [-0.3, -0.25) is 4.90 Å². The van der Waals surface area contributed by atoms with Crippen LogP contribution in [0.5, 0.6) is 0 Å². The molecule has 146 valence electrons. The van der Waals surface area contributed by atoms with Gasteiger partial charge in [-0.25, -0.2) is 4.98 Å². The molecule has 1 N–H and O–H groups in total. The summed E-state index contributed by atoms with van der Waals surface area (Å²) in [6.07, 6.45) is 5.81. The van der Waals surface area contributed by atoms with Gasteiger partial charge in [0.15, 0.2) is 0 Å². The number of aromatic nitrogens is 1. The highest BCUT2D eigenvalue weighted by Gasteiger charge is 2.31. The molecule has 5 heteroatoms. The van der Waals surface area contributed by atoms with Crippen LogP contribution in [0.4, 0.5) is 5.82 Å². The molecule has 0 unspecified atom stereocenters. The molecule has 3 fully saturated rings. The number of nitrogens with zero attached hydrogens (tertiary/aromatic N) is 4. The Hall–Kier alpha value is -1.17. The Labute approximate surface area is 159 Å². The van der Waals surface area contributed by atoms with Crippen molar-refractivity contribution in [2.24, 2.45) is 5.92 Å². The van der Waals surface area contributed by atoms with Crippen LogP contribution >= 0.6 is 0 Å². The fourth-order valence-electron chi connectivity index (χ4n) is 4.26. The number of anilines is 1. The Morgan fingerprint density at radius 1 is 1.04 bits per heavy atom. The number of pyridine rings is 1. The minimum absolute atomic E-state index is 0.822. The van der Waals surface area contributed by atoms with Crippen LogP contribution in [0, 0.1) is 5.92 Å². The van der Waals surface area contributed by atoms with Crippen molar-refractivity contribution in [1.82, 2.24) is 20.1 Å². The smallest absolute Gasteiger partial charge is 0.128 e. The Balaban J connectivity index is 0.000000613. The Morgan fingerprint density at radius 2 is 1.73 bits per heavy atom. The van der Waals surface area contributed by atoms with E-state index >= 15 is 0 Å². The largest absolute Gasteiger partial charge is 0.356 e. The number of hydrogen-bond acceptors (Lipinski definition) is 5. The first kappa shape index (κ1) is 19.6. The second kappa shape index (κ2) is 10.2. The van der Waals surface area contributed by atoms with Crippen LogP contribution in [0.15, 0.2) is 24.4 Å². The van der Waals surface area contributed by atoms with E-state index in [9.17, 15) is 0 Å².